The number of nitrogens with one attached hydrogen (secondary N) is 1. The van der Waals surface area contributed by atoms with E-state index in [0.29, 0.717) is 28.7 Å². The van der Waals surface area contributed by atoms with Gasteiger partial charge >= 0.3 is 5.69 Å². The number of hydrazone groups is 1. The molecule has 0 saturated carbocycles. The molecule has 0 fully saturated rings. The Balaban J connectivity index is 1.96. The molecule has 0 bridgehead atoms. The Bertz CT molecular complexity index is 1150. The Kier molecular flexibility index (Phi) is 3.50. The predicted molar refractivity (Wildman–Crippen MR) is 96.5 cm³/mol. The molecule has 1 N–H and O–H groups in total. The van der Waals surface area contributed by atoms with Crippen LogP contribution in [-0.4, -0.2) is 24.4 Å². The van der Waals surface area contributed by atoms with Gasteiger partial charge in [0.25, 0.3) is 5.56 Å². The van der Waals surface area contributed by atoms with E-state index in [0.717, 1.165) is 11.3 Å². The van der Waals surface area contributed by atoms with Crippen molar-refractivity contribution in [3.05, 3.63) is 55.7 Å². The van der Waals surface area contributed by atoms with Crippen LogP contribution in [0.1, 0.15) is 12.5 Å². The molecule has 128 valence electrons. The summed E-state index contributed by atoms with van der Waals surface area (Å²) in [6.07, 6.45) is 0. The van der Waals surface area contributed by atoms with Gasteiger partial charge in [-0.15, -0.1) is 0 Å². The maximum atomic E-state index is 13.0. The first-order valence-corrected chi connectivity index (χ1v) is 8.07. The third kappa shape index (κ3) is 2.45. The van der Waals surface area contributed by atoms with Crippen molar-refractivity contribution >= 4 is 34.4 Å². The van der Waals surface area contributed by atoms with Crippen molar-refractivity contribution < 1.29 is 0 Å². The van der Waals surface area contributed by atoms with Gasteiger partial charge in [0.05, 0.1) is 18.8 Å². The molecule has 3 heterocycles. The Morgan fingerprint density at radius 3 is 2.88 bits per heavy atom. The summed E-state index contributed by atoms with van der Waals surface area (Å²) in [5.41, 5.74) is 4.32. The van der Waals surface area contributed by atoms with Gasteiger partial charge in [0.1, 0.15) is 0 Å². The van der Waals surface area contributed by atoms with Crippen molar-refractivity contribution in [2.75, 3.05) is 5.43 Å². The van der Waals surface area contributed by atoms with Gasteiger partial charge < -0.3 is 0 Å². The number of nitrogens with zero attached hydrogens (tertiary/aromatic N) is 5. The lowest BCUT2D eigenvalue weighted by molar-refractivity contribution is 0.654. The molecule has 25 heavy (non-hydrogen) atoms. The van der Waals surface area contributed by atoms with Gasteiger partial charge in [0.15, 0.2) is 11.2 Å². The van der Waals surface area contributed by atoms with Crippen molar-refractivity contribution in [1.29, 1.82) is 0 Å². The fourth-order valence-electron chi connectivity index (χ4n) is 2.98. The minimum atomic E-state index is -0.425. The Labute approximate surface area is 147 Å². The number of imidazole rings is 1. The first kappa shape index (κ1) is 15.6. The number of hydrogen-bond donors (Lipinski definition) is 1. The number of aromatic nitrogens is 4. The molecule has 9 heteroatoms. The average molecular weight is 359 g/mol. The zero-order valence-electron chi connectivity index (χ0n) is 13.7. The molecule has 1 aromatic carbocycles. The molecule has 0 spiro atoms. The van der Waals surface area contributed by atoms with Gasteiger partial charge in [-0.2, -0.15) is 10.1 Å². The highest BCUT2D eigenvalue weighted by molar-refractivity contribution is 6.30. The molecular formula is C16H15ClN6O2. The Morgan fingerprint density at radius 1 is 1.32 bits per heavy atom. The maximum Gasteiger partial charge on any atom is 0.332 e. The van der Waals surface area contributed by atoms with E-state index in [2.05, 4.69) is 15.5 Å². The first-order chi connectivity index (χ1) is 12.0. The van der Waals surface area contributed by atoms with Crippen LogP contribution in [0.5, 0.6) is 0 Å². The molecule has 0 saturated heterocycles. The van der Waals surface area contributed by atoms with E-state index >= 15 is 0 Å². The lowest BCUT2D eigenvalue weighted by Crippen LogP contribution is -2.40. The number of anilines is 1. The van der Waals surface area contributed by atoms with E-state index in [9.17, 15) is 9.59 Å². The number of fused-ring (bicyclic) bond motifs is 3. The summed E-state index contributed by atoms with van der Waals surface area (Å²) >= 11 is 6.00. The molecule has 1 aliphatic rings. The number of hydrogen-bond acceptors (Lipinski definition) is 5. The number of aryl methyl sites for hydroxylation is 1. The average Bonchev–Trinajstić information content (AvgIpc) is 2.96. The van der Waals surface area contributed by atoms with E-state index in [4.69, 9.17) is 11.6 Å². The highest BCUT2D eigenvalue weighted by Crippen LogP contribution is 2.18. The molecule has 3 aromatic rings. The standard InChI is InChI=1S/C16H15ClN6O2/c1-9-7-22-12-13(18-15(22)20-19-9)21(2)16(25)23(14(12)24)8-10-4-3-5-11(17)6-10/h3-6H,7-8H2,1-2H3,(H,18,20). The van der Waals surface area contributed by atoms with Crippen LogP contribution < -0.4 is 16.7 Å². The molecule has 0 unspecified atom stereocenters. The number of rotatable bonds is 2. The van der Waals surface area contributed by atoms with E-state index in [1.54, 1.807) is 29.8 Å². The molecule has 2 aromatic heterocycles. The zero-order chi connectivity index (χ0) is 17.7. The van der Waals surface area contributed by atoms with Gasteiger partial charge in [-0.05, 0) is 24.6 Å². The summed E-state index contributed by atoms with van der Waals surface area (Å²) in [4.78, 5) is 30.0. The number of benzene rings is 1. The molecule has 1 aliphatic heterocycles. The first-order valence-electron chi connectivity index (χ1n) is 7.69. The van der Waals surface area contributed by atoms with Crippen molar-refractivity contribution in [2.24, 2.45) is 12.1 Å². The molecule has 0 amide bonds. The number of halogens is 1. The third-order valence-corrected chi connectivity index (χ3v) is 4.43. The highest BCUT2D eigenvalue weighted by Gasteiger charge is 2.22. The minimum absolute atomic E-state index is 0.142. The van der Waals surface area contributed by atoms with Gasteiger partial charge in [-0.25, -0.2) is 10.2 Å². The molecule has 4 rings (SSSR count). The minimum Gasteiger partial charge on any atom is -0.297 e. The fraction of sp³-hybridized carbons (Fsp3) is 0.250. The highest BCUT2D eigenvalue weighted by atomic mass is 35.5. The summed E-state index contributed by atoms with van der Waals surface area (Å²) in [5.74, 6) is 0.452. The zero-order valence-corrected chi connectivity index (χ0v) is 14.4. The van der Waals surface area contributed by atoms with Crippen molar-refractivity contribution in [3.63, 3.8) is 0 Å². The van der Waals surface area contributed by atoms with Crippen LogP contribution in [-0.2, 0) is 20.1 Å². The molecule has 8 nitrogen and oxygen atoms in total. The van der Waals surface area contributed by atoms with Crippen LogP contribution in [0, 0.1) is 0 Å². The molecule has 0 atom stereocenters. The topological polar surface area (TPSA) is 86.2 Å². The van der Waals surface area contributed by atoms with Crippen LogP contribution in [0.25, 0.3) is 11.2 Å². The second kappa shape index (κ2) is 5.59. The molecule has 0 aliphatic carbocycles. The molecular weight excluding hydrogens is 344 g/mol. The van der Waals surface area contributed by atoms with E-state index in [1.807, 2.05) is 13.0 Å². The van der Waals surface area contributed by atoms with E-state index < -0.39 is 5.69 Å². The lowest BCUT2D eigenvalue weighted by atomic mass is 10.2. The summed E-state index contributed by atoms with van der Waals surface area (Å²) in [6.45, 7) is 2.45. The van der Waals surface area contributed by atoms with Crippen molar-refractivity contribution in [3.8, 4) is 0 Å². The lowest BCUT2D eigenvalue weighted by Gasteiger charge is -2.14. The van der Waals surface area contributed by atoms with Crippen LogP contribution in [0.4, 0.5) is 5.95 Å². The summed E-state index contributed by atoms with van der Waals surface area (Å²) in [5, 5.41) is 4.68. The largest absolute Gasteiger partial charge is 0.332 e. The second-order valence-corrected chi connectivity index (χ2v) is 6.45. The fourth-order valence-corrected chi connectivity index (χ4v) is 3.19. The normalized spacial score (nSPS) is 13.5. The SMILES string of the molecule is CC1=NNc2nc3c(c(=O)n(Cc4cccc(Cl)c4)c(=O)n3C)n2C1. The monoisotopic (exact) mass is 358 g/mol. The van der Waals surface area contributed by atoms with Gasteiger partial charge in [-0.1, -0.05) is 23.7 Å². The van der Waals surface area contributed by atoms with Crippen molar-refractivity contribution in [1.82, 2.24) is 18.7 Å². The predicted octanol–water partition coefficient (Wildman–Crippen LogP) is 1.40. The summed E-state index contributed by atoms with van der Waals surface area (Å²) in [7, 11) is 1.60. The van der Waals surface area contributed by atoms with E-state index in [1.165, 1.54) is 9.13 Å². The van der Waals surface area contributed by atoms with Crippen LogP contribution >= 0.6 is 11.6 Å². The molecule has 0 radical (unpaired) electrons. The maximum absolute atomic E-state index is 13.0. The van der Waals surface area contributed by atoms with Gasteiger partial charge in [-0.3, -0.25) is 18.5 Å². The Morgan fingerprint density at radius 2 is 2.12 bits per heavy atom. The summed E-state index contributed by atoms with van der Waals surface area (Å²) in [6, 6.07) is 7.10. The van der Waals surface area contributed by atoms with Gasteiger partial charge in [0, 0.05) is 12.1 Å². The summed E-state index contributed by atoms with van der Waals surface area (Å²) < 4.78 is 4.32. The smallest absolute Gasteiger partial charge is 0.297 e. The van der Waals surface area contributed by atoms with Crippen LogP contribution in [0.3, 0.4) is 0 Å². The van der Waals surface area contributed by atoms with E-state index in [-0.39, 0.29) is 12.1 Å². The van der Waals surface area contributed by atoms with Gasteiger partial charge in [0.2, 0.25) is 5.95 Å². The second-order valence-electron chi connectivity index (χ2n) is 6.02. The van der Waals surface area contributed by atoms with Crippen molar-refractivity contribution in [2.45, 2.75) is 20.0 Å². The quantitative estimate of drug-likeness (QED) is 0.750. The van der Waals surface area contributed by atoms with Crippen LogP contribution in [0.15, 0.2) is 39.0 Å². The van der Waals surface area contributed by atoms with Crippen LogP contribution in [0.2, 0.25) is 5.02 Å². The Hall–Kier alpha value is -2.87. The third-order valence-electron chi connectivity index (χ3n) is 4.20.